The topological polar surface area (TPSA) is 14.1 Å². The van der Waals surface area contributed by atoms with Gasteiger partial charge in [-0.15, -0.1) is 0 Å². The summed E-state index contributed by atoms with van der Waals surface area (Å²) in [6.07, 6.45) is 29.1. The molecule has 1 heteroatoms. The molecule has 0 unspecified atom stereocenters. The summed E-state index contributed by atoms with van der Waals surface area (Å²) in [5, 5.41) is 4.15. The van der Waals surface area contributed by atoms with Gasteiger partial charge >= 0.3 is 0 Å². The number of hydrogen-bond acceptors (Lipinski definition) is 0. The normalized spacial score (nSPS) is 11.2. The van der Waals surface area contributed by atoms with Crippen LogP contribution in [0.25, 0.3) is 0 Å². The van der Waals surface area contributed by atoms with Gasteiger partial charge in [0.2, 0.25) is 0 Å². The molecule has 0 atom stereocenters. The first-order valence-electron chi connectivity index (χ1n) is 11.5. The van der Waals surface area contributed by atoms with Gasteiger partial charge in [-0.1, -0.05) is 129 Å². The molecule has 1 nitrogen and oxygen atoms in total. The third-order valence-corrected chi connectivity index (χ3v) is 5.24. The van der Waals surface area contributed by atoms with Crippen molar-refractivity contribution in [1.82, 2.24) is 5.32 Å². The lowest BCUT2D eigenvalue weighted by atomic mass is 10.0. The zero-order chi connectivity index (χ0) is 17.6. The van der Waals surface area contributed by atoms with E-state index in [0.717, 1.165) is 6.54 Å². The van der Waals surface area contributed by atoms with Crippen molar-refractivity contribution in [2.24, 2.45) is 0 Å². The fourth-order valence-corrected chi connectivity index (χ4v) is 3.53. The highest BCUT2D eigenvalue weighted by atomic mass is 14.8. The average molecular weight is 339 g/mol. The summed E-state index contributed by atoms with van der Waals surface area (Å²) < 4.78 is 0. The minimum Gasteiger partial charge on any atom is -0.245 e. The lowest BCUT2D eigenvalue weighted by molar-refractivity contribution is 0.520. The maximum atomic E-state index is 4.15. The van der Waals surface area contributed by atoms with Crippen molar-refractivity contribution < 1.29 is 0 Å². The van der Waals surface area contributed by atoms with E-state index in [9.17, 15) is 0 Å². The number of hydrogen-bond donors (Lipinski definition) is 0. The van der Waals surface area contributed by atoms with Crippen LogP contribution in [-0.4, -0.2) is 13.6 Å². The van der Waals surface area contributed by atoms with E-state index in [-0.39, 0.29) is 0 Å². The smallest absolute Gasteiger partial charge is 0.0130 e. The Hall–Kier alpha value is -0.0400. The summed E-state index contributed by atoms with van der Waals surface area (Å²) in [6.45, 7) is 3.37. The molecule has 24 heavy (non-hydrogen) atoms. The van der Waals surface area contributed by atoms with Gasteiger partial charge in [0.25, 0.3) is 0 Å². The van der Waals surface area contributed by atoms with Crippen LogP contribution < -0.4 is 5.32 Å². The molecule has 0 N–H and O–H groups in total. The van der Waals surface area contributed by atoms with Crippen molar-refractivity contribution in [3.63, 3.8) is 0 Å². The van der Waals surface area contributed by atoms with Crippen molar-refractivity contribution >= 4 is 0 Å². The highest BCUT2D eigenvalue weighted by molar-refractivity contribution is 4.51. The fraction of sp³-hybridized carbons (Fsp3) is 1.00. The van der Waals surface area contributed by atoms with Gasteiger partial charge < -0.3 is 0 Å². The van der Waals surface area contributed by atoms with Crippen LogP contribution in [0.1, 0.15) is 135 Å². The second kappa shape index (κ2) is 23.0. The van der Waals surface area contributed by atoms with E-state index in [1.54, 1.807) is 0 Å². The summed E-state index contributed by atoms with van der Waals surface area (Å²) in [5.41, 5.74) is 0. The predicted molar refractivity (Wildman–Crippen MR) is 111 cm³/mol. The Morgan fingerprint density at radius 3 is 0.875 bits per heavy atom. The maximum absolute atomic E-state index is 4.15. The van der Waals surface area contributed by atoms with Crippen molar-refractivity contribution in [3.8, 4) is 0 Å². The molecular weight excluding hydrogens is 290 g/mol. The highest BCUT2D eigenvalue weighted by Gasteiger charge is 1.95. The fourth-order valence-electron chi connectivity index (χ4n) is 3.53. The monoisotopic (exact) mass is 338 g/mol. The Morgan fingerprint density at radius 2 is 0.625 bits per heavy atom. The minimum atomic E-state index is 1.07. The summed E-state index contributed by atoms with van der Waals surface area (Å²) in [4.78, 5) is 0. The Bertz CT molecular complexity index is 180. The Kier molecular flexibility index (Phi) is 22.9. The molecule has 0 saturated heterocycles. The van der Waals surface area contributed by atoms with Crippen LogP contribution in [0, 0.1) is 0 Å². The van der Waals surface area contributed by atoms with Crippen LogP contribution >= 0.6 is 0 Å². The zero-order valence-electron chi connectivity index (χ0n) is 17.3. The van der Waals surface area contributed by atoms with Gasteiger partial charge in [-0.3, -0.25) is 0 Å². The van der Waals surface area contributed by atoms with Gasteiger partial charge in [0, 0.05) is 13.6 Å². The van der Waals surface area contributed by atoms with Gasteiger partial charge in [0.05, 0.1) is 0 Å². The van der Waals surface area contributed by atoms with Crippen molar-refractivity contribution in [1.29, 1.82) is 0 Å². The minimum absolute atomic E-state index is 1.07. The molecule has 145 valence electrons. The highest BCUT2D eigenvalue weighted by Crippen LogP contribution is 2.14. The van der Waals surface area contributed by atoms with Gasteiger partial charge in [0.1, 0.15) is 0 Å². The molecule has 1 radical (unpaired) electrons. The Morgan fingerprint density at radius 1 is 0.375 bits per heavy atom. The lowest BCUT2D eigenvalue weighted by Crippen LogP contribution is -1.98. The van der Waals surface area contributed by atoms with E-state index in [1.807, 2.05) is 7.05 Å². The third kappa shape index (κ3) is 22.0. The number of nitrogens with zero attached hydrogens (tertiary/aromatic N) is 1. The van der Waals surface area contributed by atoms with Gasteiger partial charge in [-0.25, -0.2) is 5.32 Å². The molecular formula is C23H48N. The number of unbranched alkanes of at least 4 members (excludes halogenated alkanes) is 19. The molecule has 0 aromatic carbocycles. The Balaban J connectivity index is 2.93. The van der Waals surface area contributed by atoms with Gasteiger partial charge in [0.15, 0.2) is 0 Å². The first-order chi connectivity index (χ1) is 11.9. The predicted octanol–water partition coefficient (Wildman–Crippen LogP) is 8.04. The zero-order valence-corrected chi connectivity index (χ0v) is 17.3. The SMILES string of the molecule is CCCCCCCCCCCCCCCCCCCCCC[N]C. The lowest BCUT2D eigenvalue weighted by Gasteiger charge is -2.04. The first-order valence-corrected chi connectivity index (χ1v) is 11.5. The molecule has 0 aromatic heterocycles. The Labute approximate surface area is 154 Å². The molecule has 0 fully saturated rings. The number of rotatable bonds is 21. The van der Waals surface area contributed by atoms with E-state index in [4.69, 9.17) is 0 Å². The van der Waals surface area contributed by atoms with Gasteiger partial charge in [-0.05, 0) is 6.42 Å². The van der Waals surface area contributed by atoms with E-state index in [1.165, 1.54) is 128 Å². The summed E-state index contributed by atoms with van der Waals surface area (Å²) >= 11 is 0. The van der Waals surface area contributed by atoms with Crippen molar-refractivity contribution in [2.75, 3.05) is 13.6 Å². The van der Waals surface area contributed by atoms with E-state index < -0.39 is 0 Å². The molecule has 0 aliphatic rings. The van der Waals surface area contributed by atoms with E-state index in [0.29, 0.717) is 0 Å². The molecule has 0 aliphatic carbocycles. The van der Waals surface area contributed by atoms with Crippen LogP contribution in [-0.2, 0) is 0 Å². The van der Waals surface area contributed by atoms with Crippen LogP contribution in [0.4, 0.5) is 0 Å². The second-order valence-corrected chi connectivity index (χ2v) is 7.76. The summed E-state index contributed by atoms with van der Waals surface area (Å²) in [6, 6.07) is 0. The molecule has 0 spiro atoms. The molecule has 0 heterocycles. The third-order valence-electron chi connectivity index (χ3n) is 5.24. The quantitative estimate of drug-likeness (QED) is 0.188. The molecule has 0 amide bonds. The van der Waals surface area contributed by atoms with Crippen LogP contribution in [0.5, 0.6) is 0 Å². The average Bonchev–Trinajstić information content (AvgIpc) is 2.60. The van der Waals surface area contributed by atoms with E-state index >= 15 is 0 Å². The molecule has 0 rings (SSSR count). The molecule has 0 aromatic rings. The van der Waals surface area contributed by atoms with E-state index in [2.05, 4.69) is 12.2 Å². The second-order valence-electron chi connectivity index (χ2n) is 7.76. The molecule has 0 bridgehead atoms. The molecule has 0 aliphatic heterocycles. The van der Waals surface area contributed by atoms with Crippen LogP contribution in [0.15, 0.2) is 0 Å². The standard InChI is InChI=1S/C23H48N/c1-3-4-5-6-7-8-9-10-11-12-13-14-15-16-17-18-19-20-21-22-23-24-2/h3-23H2,1-2H3. The first kappa shape index (κ1) is 24.0. The molecule has 0 saturated carbocycles. The largest absolute Gasteiger partial charge is 0.245 e. The van der Waals surface area contributed by atoms with Gasteiger partial charge in [-0.2, -0.15) is 0 Å². The van der Waals surface area contributed by atoms with Crippen molar-refractivity contribution in [3.05, 3.63) is 0 Å². The summed E-state index contributed by atoms with van der Waals surface area (Å²) in [5.74, 6) is 0. The maximum Gasteiger partial charge on any atom is 0.0130 e. The van der Waals surface area contributed by atoms with Crippen LogP contribution in [0.3, 0.4) is 0 Å². The van der Waals surface area contributed by atoms with Crippen molar-refractivity contribution in [2.45, 2.75) is 135 Å². The summed E-state index contributed by atoms with van der Waals surface area (Å²) in [7, 11) is 1.93. The van der Waals surface area contributed by atoms with Crippen LogP contribution in [0.2, 0.25) is 0 Å².